The first-order chi connectivity index (χ1) is 12.1. The Labute approximate surface area is 159 Å². The van der Waals surface area contributed by atoms with Crippen molar-refractivity contribution < 1.29 is 0 Å². The van der Waals surface area contributed by atoms with E-state index in [1.807, 2.05) is 12.4 Å². The minimum absolute atomic E-state index is 0.543. The smallest absolute Gasteiger partial charge is 0.169 e. The summed E-state index contributed by atoms with van der Waals surface area (Å²) in [5.74, 6) is 0. The van der Waals surface area contributed by atoms with Gasteiger partial charge in [-0.1, -0.05) is 32.1 Å². The van der Waals surface area contributed by atoms with Crippen LogP contribution in [0.25, 0.3) is 0 Å². The zero-order chi connectivity index (χ0) is 17.9. The molecule has 0 unspecified atom stereocenters. The van der Waals surface area contributed by atoms with Crippen molar-refractivity contribution in [1.29, 1.82) is 0 Å². The quantitative estimate of drug-likeness (QED) is 0.745. The van der Waals surface area contributed by atoms with Crippen LogP contribution in [-0.4, -0.2) is 53.1 Å². The molecule has 1 aromatic rings. The molecule has 1 heterocycles. The normalized spacial score (nSPS) is 16.3. The Kier molecular flexibility index (Phi) is 9.19. The molecule has 2 rings (SSSR count). The van der Waals surface area contributed by atoms with Crippen LogP contribution in [0.2, 0.25) is 0 Å². The standard InChI is InChI=1S/C20H34N4S/c1-23(2)15-8-16-24(17-18-11-13-21-14-12-18)20(25)22-19-9-6-4-3-5-7-10-19/h11-14,19H,3-10,15-17H2,1-2H3,(H,22,25). The molecule has 0 aliphatic heterocycles. The highest BCUT2D eigenvalue weighted by molar-refractivity contribution is 7.80. The van der Waals surface area contributed by atoms with Crippen LogP contribution in [-0.2, 0) is 6.54 Å². The van der Waals surface area contributed by atoms with Crippen molar-refractivity contribution in [3.05, 3.63) is 30.1 Å². The van der Waals surface area contributed by atoms with E-state index in [-0.39, 0.29) is 0 Å². The van der Waals surface area contributed by atoms with Crippen molar-refractivity contribution >= 4 is 17.3 Å². The number of hydrogen-bond donors (Lipinski definition) is 1. The van der Waals surface area contributed by atoms with E-state index in [0.29, 0.717) is 6.04 Å². The van der Waals surface area contributed by atoms with Crippen LogP contribution in [0, 0.1) is 0 Å². The van der Waals surface area contributed by atoms with Crippen LogP contribution in [0.4, 0.5) is 0 Å². The highest BCUT2D eigenvalue weighted by atomic mass is 32.1. The van der Waals surface area contributed by atoms with Crippen molar-refractivity contribution in [3.8, 4) is 0 Å². The molecular formula is C20H34N4S. The van der Waals surface area contributed by atoms with E-state index in [1.165, 1.54) is 50.5 Å². The maximum atomic E-state index is 5.80. The molecule has 0 amide bonds. The van der Waals surface area contributed by atoms with Gasteiger partial charge in [-0.2, -0.15) is 0 Å². The van der Waals surface area contributed by atoms with Gasteiger partial charge in [0.2, 0.25) is 0 Å². The van der Waals surface area contributed by atoms with Gasteiger partial charge in [-0.05, 0) is 69.8 Å². The zero-order valence-corrected chi connectivity index (χ0v) is 16.7. The first kappa shape index (κ1) is 20.1. The second-order valence-corrected chi connectivity index (χ2v) is 7.81. The Morgan fingerprint density at radius 1 is 1.08 bits per heavy atom. The van der Waals surface area contributed by atoms with E-state index in [4.69, 9.17) is 12.2 Å². The molecule has 1 aliphatic carbocycles. The number of thiocarbonyl (C=S) groups is 1. The second kappa shape index (κ2) is 11.4. The molecule has 0 saturated heterocycles. The number of aromatic nitrogens is 1. The zero-order valence-electron chi connectivity index (χ0n) is 15.9. The summed E-state index contributed by atoms with van der Waals surface area (Å²) in [6, 6.07) is 4.70. The van der Waals surface area contributed by atoms with E-state index in [0.717, 1.165) is 31.2 Å². The van der Waals surface area contributed by atoms with Gasteiger partial charge in [0.05, 0.1) is 0 Å². The topological polar surface area (TPSA) is 31.4 Å². The van der Waals surface area contributed by atoms with Crippen LogP contribution in [0.1, 0.15) is 56.9 Å². The second-order valence-electron chi connectivity index (χ2n) is 7.43. The van der Waals surface area contributed by atoms with Gasteiger partial charge in [-0.15, -0.1) is 0 Å². The third-order valence-corrected chi connectivity index (χ3v) is 5.25. The van der Waals surface area contributed by atoms with Crippen LogP contribution in [0.15, 0.2) is 24.5 Å². The highest BCUT2D eigenvalue weighted by Crippen LogP contribution is 2.17. The Bertz CT molecular complexity index is 484. The lowest BCUT2D eigenvalue weighted by Gasteiger charge is -2.30. The monoisotopic (exact) mass is 362 g/mol. The Morgan fingerprint density at radius 3 is 2.36 bits per heavy atom. The fraction of sp³-hybridized carbons (Fsp3) is 0.700. The molecule has 0 radical (unpaired) electrons. The summed E-state index contributed by atoms with van der Waals surface area (Å²) < 4.78 is 0. The van der Waals surface area contributed by atoms with E-state index in [2.05, 4.69) is 46.3 Å². The van der Waals surface area contributed by atoms with Crippen molar-refractivity contribution in [1.82, 2.24) is 20.1 Å². The van der Waals surface area contributed by atoms with E-state index >= 15 is 0 Å². The predicted molar refractivity (Wildman–Crippen MR) is 110 cm³/mol. The maximum Gasteiger partial charge on any atom is 0.169 e. The van der Waals surface area contributed by atoms with Crippen molar-refractivity contribution in [2.24, 2.45) is 0 Å². The number of rotatable bonds is 7. The molecule has 1 fully saturated rings. The number of nitrogens with one attached hydrogen (secondary N) is 1. The first-order valence-corrected chi connectivity index (χ1v) is 10.1. The molecule has 25 heavy (non-hydrogen) atoms. The Balaban J connectivity index is 1.92. The largest absolute Gasteiger partial charge is 0.360 e. The SMILES string of the molecule is CN(C)CCCN(Cc1ccncc1)C(=S)NC1CCCCCCC1. The Morgan fingerprint density at radius 2 is 1.72 bits per heavy atom. The molecule has 0 atom stereocenters. The Hall–Kier alpha value is -1.20. The van der Waals surface area contributed by atoms with Crippen LogP contribution < -0.4 is 5.32 Å². The molecule has 1 N–H and O–H groups in total. The van der Waals surface area contributed by atoms with Crippen LogP contribution in [0.3, 0.4) is 0 Å². The van der Waals surface area contributed by atoms with Crippen LogP contribution >= 0.6 is 12.2 Å². The van der Waals surface area contributed by atoms with Crippen molar-refractivity contribution in [2.45, 2.75) is 64.0 Å². The summed E-state index contributed by atoms with van der Waals surface area (Å²) in [5, 5.41) is 4.59. The summed E-state index contributed by atoms with van der Waals surface area (Å²) >= 11 is 5.80. The molecule has 1 aliphatic rings. The lowest BCUT2D eigenvalue weighted by Crippen LogP contribution is -2.45. The van der Waals surface area contributed by atoms with Gasteiger partial charge in [-0.3, -0.25) is 4.98 Å². The van der Waals surface area contributed by atoms with Gasteiger partial charge in [0.1, 0.15) is 0 Å². The minimum atomic E-state index is 0.543. The molecular weight excluding hydrogens is 328 g/mol. The molecule has 1 aromatic heterocycles. The molecule has 4 nitrogen and oxygen atoms in total. The molecule has 0 aromatic carbocycles. The summed E-state index contributed by atoms with van der Waals surface area (Å²) in [7, 11) is 4.25. The summed E-state index contributed by atoms with van der Waals surface area (Å²) in [4.78, 5) is 8.68. The van der Waals surface area contributed by atoms with Gasteiger partial charge in [-0.25, -0.2) is 0 Å². The lowest BCUT2D eigenvalue weighted by molar-refractivity contribution is 0.333. The maximum absolute atomic E-state index is 5.80. The van der Waals surface area contributed by atoms with E-state index in [9.17, 15) is 0 Å². The summed E-state index contributed by atoms with van der Waals surface area (Å²) in [5.41, 5.74) is 1.27. The molecule has 0 spiro atoms. The van der Waals surface area contributed by atoms with Gasteiger partial charge >= 0.3 is 0 Å². The number of hydrogen-bond acceptors (Lipinski definition) is 3. The van der Waals surface area contributed by atoms with Crippen LogP contribution in [0.5, 0.6) is 0 Å². The van der Waals surface area contributed by atoms with Gasteiger partial charge in [0.25, 0.3) is 0 Å². The third kappa shape index (κ3) is 8.15. The van der Waals surface area contributed by atoms with Crippen molar-refractivity contribution in [3.63, 3.8) is 0 Å². The average Bonchev–Trinajstić information content (AvgIpc) is 2.57. The molecule has 0 bridgehead atoms. The first-order valence-electron chi connectivity index (χ1n) is 9.74. The molecule has 1 saturated carbocycles. The lowest BCUT2D eigenvalue weighted by atomic mass is 9.97. The van der Waals surface area contributed by atoms with Gasteiger partial charge in [0.15, 0.2) is 5.11 Å². The highest BCUT2D eigenvalue weighted by Gasteiger charge is 2.16. The summed E-state index contributed by atoms with van der Waals surface area (Å²) in [6.45, 7) is 2.92. The van der Waals surface area contributed by atoms with E-state index in [1.54, 1.807) is 0 Å². The fourth-order valence-electron chi connectivity index (χ4n) is 3.41. The molecule has 140 valence electrons. The molecule has 5 heteroatoms. The minimum Gasteiger partial charge on any atom is -0.360 e. The fourth-order valence-corrected chi connectivity index (χ4v) is 3.73. The van der Waals surface area contributed by atoms with Gasteiger partial charge < -0.3 is 15.1 Å². The summed E-state index contributed by atoms with van der Waals surface area (Å²) in [6.07, 6.45) is 14.1. The average molecular weight is 363 g/mol. The van der Waals surface area contributed by atoms with Crippen molar-refractivity contribution in [2.75, 3.05) is 27.2 Å². The number of nitrogens with zero attached hydrogens (tertiary/aromatic N) is 3. The number of pyridine rings is 1. The van der Waals surface area contributed by atoms with Gasteiger partial charge in [0, 0.05) is 31.5 Å². The third-order valence-electron chi connectivity index (χ3n) is 4.88. The predicted octanol–water partition coefficient (Wildman–Crippen LogP) is 3.82. The van der Waals surface area contributed by atoms with E-state index < -0.39 is 0 Å².